The first-order valence-electron chi connectivity index (χ1n) is 7.03. The quantitative estimate of drug-likeness (QED) is 0.369. The van der Waals surface area contributed by atoms with Gasteiger partial charge in [0.15, 0.2) is 0 Å². The molecule has 0 spiro atoms. The maximum absolute atomic E-state index is 12.0. The largest absolute Gasteiger partial charge is 0.469 e. The fourth-order valence-corrected chi connectivity index (χ4v) is 2.36. The molecule has 118 valence electrons. The Morgan fingerprint density at radius 2 is 2.18 bits per heavy atom. The molecule has 2 rings (SSSR count). The second-order valence-electron chi connectivity index (χ2n) is 5.13. The van der Waals surface area contributed by atoms with Crippen LogP contribution in [0.4, 0.5) is 5.69 Å². The number of fused-ring (bicyclic) bond motifs is 1. The van der Waals surface area contributed by atoms with Gasteiger partial charge >= 0.3 is 5.97 Å². The van der Waals surface area contributed by atoms with Gasteiger partial charge in [0.2, 0.25) is 5.91 Å². The first-order chi connectivity index (χ1) is 10.5. The van der Waals surface area contributed by atoms with Crippen LogP contribution in [0.1, 0.15) is 29.3 Å². The van der Waals surface area contributed by atoms with Crippen LogP contribution in [-0.2, 0) is 20.7 Å². The molecule has 22 heavy (non-hydrogen) atoms. The van der Waals surface area contributed by atoms with Gasteiger partial charge in [-0.2, -0.15) is 0 Å². The second kappa shape index (κ2) is 6.57. The summed E-state index contributed by atoms with van der Waals surface area (Å²) in [7, 11) is 1.29. The fourth-order valence-electron chi connectivity index (χ4n) is 2.36. The summed E-state index contributed by atoms with van der Waals surface area (Å²) in [5.74, 6) is 4.16. The van der Waals surface area contributed by atoms with Crippen molar-refractivity contribution < 1.29 is 19.1 Å². The number of ether oxygens (including phenoxy) is 1. The van der Waals surface area contributed by atoms with Crippen molar-refractivity contribution in [1.29, 1.82) is 0 Å². The van der Waals surface area contributed by atoms with Gasteiger partial charge in [-0.05, 0) is 31.0 Å². The van der Waals surface area contributed by atoms with E-state index in [0.29, 0.717) is 24.2 Å². The highest BCUT2D eigenvalue weighted by Crippen LogP contribution is 2.28. The molecule has 1 unspecified atom stereocenters. The van der Waals surface area contributed by atoms with Crippen LogP contribution in [0.25, 0.3) is 0 Å². The van der Waals surface area contributed by atoms with E-state index in [2.05, 4.69) is 10.1 Å². The Bertz CT molecular complexity index is 615. The summed E-state index contributed by atoms with van der Waals surface area (Å²) in [6.45, 7) is 2.17. The van der Waals surface area contributed by atoms with Crippen molar-refractivity contribution in [2.45, 2.75) is 19.8 Å². The predicted octanol–water partition coefficient (Wildman–Crippen LogP) is 0.696. The van der Waals surface area contributed by atoms with Gasteiger partial charge in [-0.1, -0.05) is 6.07 Å². The molecule has 1 atom stereocenters. The minimum atomic E-state index is -0.455. The SMILES string of the molecule is CCN(N)C(=O)c1ccc2c(c1)NC(=O)C(CC(=O)OC)C2. The molecular formula is C15H19N3O4. The number of hydrogen-bond acceptors (Lipinski definition) is 5. The van der Waals surface area contributed by atoms with Crippen LogP contribution in [0, 0.1) is 5.92 Å². The van der Waals surface area contributed by atoms with Crippen molar-refractivity contribution in [3.05, 3.63) is 29.3 Å². The number of hydrogen-bond donors (Lipinski definition) is 2. The van der Waals surface area contributed by atoms with Crippen LogP contribution < -0.4 is 11.2 Å². The Balaban J connectivity index is 2.20. The van der Waals surface area contributed by atoms with E-state index in [1.165, 1.54) is 7.11 Å². The number of anilines is 1. The number of nitrogens with zero attached hydrogens (tertiary/aromatic N) is 1. The zero-order valence-electron chi connectivity index (χ0n) is 12.6. The molecule has 2 amide bonds. The molecule has 1 aromatic carbocycles. The lowest BCUT2D eigenvalue weighted by atomic mass is 9.90. The summed E-state index contributed by atoms with van der Waals surface area (Å²) in [5.41, 5.74) is 1.88. The Morgan fingerprint density at radius 3 is 2.82 bits per heavy atom. The third-order valence-corrected chi connectivity index (χ3v) is 3.69. The maximum atomic E-state index is 12.0. The van der Waals surface area contributed by atoms with Gasteiger partial charge in [0.25, 0.3) is 5.91 Å². The van der Waals surface area contributed by atoms with Gasteiger partial charge in [-0.3, -0.25) is 19.4 Å². The number of nitrogens with two attached hydrogens (primary N) is 1. The van der Waals surface area contributed by atoms with Gasteiger partial charge < -0.3 is 10.1 Å². The number of carbonyl (C=O) groups is 3. The Labute approximate surface area is 128 Å². The highest BCUT2D eigenvalue weighted by molar-refractivity contribution is 6.00. The molecule has 0 fully saturated rings. The number of carbonyl (C=O) groups excluding carboxylic acids is 3. The molecule has 1 heterocycles. The number of amides is 2. The van der Waals surface area contributed by atoms with E-state index < -0.39 is 11.9 Å². The normalized spacial score (nSPS) is 16.5. The number of hydrazine groups is 1. The lowest BCUT2D eigenvalue weighted by molar-refractivity contribution is -0.143. The number of benzene rings is 1. The van der Waals surface area contributed by atoms with E-state index in [4.69, 9.17) is 5.84 Å². The van der Waals surface area contributed by atoms with Crippen molar-refractivity contribution in [3.8, 4) is 0 Å². The standard InChI is InChI=1S/C15H19N3O4/c1-3-18(16)15(21)10-5-4-9-6-11(8-13(19)22-2)14(20)17-12(9)7-10/h4-5,7,11H,3,6,8,16H2,1-2H3,(H,17,20). The smallest absolute Gasteiger partial charge is 0.306 e. The van der Waals surface area contributed by atoms with Crippen LogP contribution in [0.3, 0.4) is 0 Å². The minimum absolute atomic E-state index is 0.0366. The van der Waals surface area contributed by atoms with E-state index in [9.17, 15) is 14.4 Å². The number of rotatable bonds is 4. The molecule has 1 aliphatic heterocycles. The third-order valence-electron chi connectivity index (χ3n) is 3.69. The number of esters is 1. The topological polar surface area (TPSA) is 102 Å². The fraction of sp³-hybridized carbons (Fsp3) is 0.400. The summed E-state index contributed by atoms with van der Waals surface area (Å²) in [4.78, 5) is 35.4. The van der Waals surface area contributed by atoms with Crippen LogP contribution in [0.5, 0.6) is 0 Å². The van der Waals surface area contributed by atoms with Crippen LogP contribution >= 0.6 is 0 Å². The average Bonchev–Trinajstić information content (AvgIpc) is 2.53. The van der Waals surface area contributed by atoms with Crippen molar-refractivity contribution >= 4 is 23.5 Å². The first-order valence-corrected chi connectivity index (χ1v) is 7.03. The van der Waals surface area contributed by atoms with Crippen LogP contribution in [0.2, 0.25) is 0 Å². The van der Waals surface area contributed by atoms with Crippen LogP contribution in [-0.4, -0.2) is 36.4 Å². The molecule has 7 heteroatoms. The molecule has 0 aliphatic carbocycles. The summed E-state index contributed by atoms with van der Waals surface area (Å²) in [5, 5.41) is 3.84. The maximum Gasteiger partial charge on any atom is 0.306 e. The Hall–Kier alpha value is -2.41. The number of nitrogens with one attached hydrogen (secondary N) is 1. The predicted molar refractivity (Wildman–Crippen MR) is 79.8 cm³/mol. The lowest BCUT2D eigenvalue weighted by Crippen LogP contribution is -2.37. The highest BCUT2D eigenvalue weighted by atomic mass is 16.5. The minimum Gasteiger partial charge on any atom is -0.469 e. The van der Waals surface area contributed by atoms with Gasteiger partial charge in [-0.15, -0.1) is 0 Å². The van der Waals surface area contributed by atoms with Crippen molar-refractivity contribution in [1.82, 2.24) is 5.01 Å². The van der Waals surface area contributed by atoms with Gasteiger partial charge in [0, 0.05) is 17.8 Å². The molecule has 7 nitrogen and oxygen atoms in total. The van der Waals surface area contributed by atoms with E-state index in [1.54, 1.807) is 25.1 Å². The first kappa shape index (κ1) is 16.0. The van der Waals surface area contributed by atoms with Crippen LogP contribution in [0.15, 0.2) is 18.2 Å². The molecular weight excluding hydrogens is 286 g/mol. The molecule has 3 N–H and O–H groups in total. The molecule has 1 aliphatic rings. The summed E-state index contributed by atoms with van der Waals surface area (Å²) in [6, 6.07) is 5.05. The molecule has 0 bridgehead atoms. The zero-order chi connectivity index (χ0) is 16.3. The Morgan fingerprint density at radius 1 is 1.45 bits per heavy atom. The number of methoxy groups -OCH3 is 1. The summed E-state index contributed by atoms with van der Waals surface area (Å²) >= 11 is 0. The van der Waals surface area contributed by atoms with Gasteiger partial charge in [-0.25, -0.2) is 5.84 Å². The molecule has 1 aromatic rings. The molecule has 0 saturated carbocycles. The van der Waals surface area contributed by atoms with Crippen molar-refractivity contribution in [2.24, 2.45) is 11.8 Å². The second-order valence-corrected chi connectivity index (χ2v) is 5.13. The summed E-state index contributed by atoms with van der Waals surface area (Å²) in [6.07, 6.45) is 0.472. The van der Waals surface area contributed by atoms with Crippen molar-refractivity contribution in [3.63, 3.8) is 0 Å². The lowest BCUT2D eigenvalue weighted by Gasteiger charge is -2.24. The molecule has 0 saturated heterocycles. The van der Waals surface area contributed by atoms with E-state index in [-0.39, 0.29) is 18.2 Å². The Kier molecular flexibility index (Phi) is 4.77. The molecule has 0 radical (unpaired) electrons. The van der Waals surface area contributed by atoms with E-state index >= 15 is 0 Å². The van der Waals surface area contributed by atoms with E-state index in [1.807, 2.05) is 0 Å². The van der Waals surface area contributed by atoms with Crippen molar-refractivity contribution in [2.75, 3.05) is 19.0 Å². The molecule has 0 aromatic heterocycles. The highest BCUT2D eigenvalue weighted by Gasteiger charge is 2.29. The average molecular weight is 305 g/mol. The van der Waals surface area contributed by atoms with Gasteiger partial charge in [0.1, 0.15) is 0 Å². The van der Waals surface area contributed by atoms with E-state index in [0.717, 1.165) is 10.6 Å². The summed E-state index contributed by atoms with van der Waals surface area (Å²) < 4.78 is 4.60. The third kappa shape index (κ3) is 3.25. The van der Waals surface area contributed by atoms with Gasteiger partial charge in [0.05, 0.1) is 19.4 Å². The zero-order valence-corrected chi connectivity index (χ0v) is 12.6. The monoisotopic (exact) mass is 305 g/mol.